The van der Waals surface area contributed by atoms with E-state index in [9.17, 15) is 23.1 Å². The number of aromatic nitrogens is 1. The summed E-state index contributed by atoms with van der Waals surface area (Å²) in [5.74, 6) is -1.61. The van der Waals surface area contributed by atoms with Gasteiger partial charge >= 0.3 is 6.43 Å². The molecule has 184 valence electrons. The van der Waals surface area contributed by atoms with Crippen molar-refractivity contribution in [2.45, 2.75) is 31.2 Å². The van der Waals surface area contributed by atoms with Gasteiger partial charge in [-0.2, -0.15) is 8.78 Å². The van der Waals surface area contributed by atoms with E-state index in [1.54, 1.807) is 30.5 Å². The fraction of sp³-hybridized carbons (Fsp3) is 0.500. The van der Waals surface area contributed by atoms with Crippen LogP contribution in [0.25, 0.3) is 11.1 Å². The average Bonchev–Trinajstić information content (AvgIpc) is 2.85. The SMILES string of the molecule is O=C(N[C@H](CF)[C@H](O)c1ccc(-c2ccc(CN3CC(N4CCOCC4)C3)nc2)cc1)C(F)F. The average molecular weight is 479 g/mol. The standard InChI is InChI=1S/C24H29F3N4O3/c25-11-21(29-24(33)23(26)27)22(32)17-3-1-16(2-4-17)18-5-6-19(28-12-18)13-30-14-20(15-30)31-7-9-34-10-8-31/h1-6,12,20-23,32H,7-11,13-15H2,(H,29,33)/t21-,22-/m1/s1. The van der Waals surface area contributed by atoms with Gasteiger partial charge in [0.1, 0.15) is 12.8 Å². The summed E-state index contributed by atoms with van der Waals surface area (Å²) in [5, 5.41) is 12.1. The van der Waals surface area contributed by atoms with Crippen LogP contribution in [0, 0.1) is 0 Å². The fourth-order valence-electron chi connectivity index (χ4n) is 4.32. The minimum Gasteiger partial charge on any atom is -0.386 e. The highest BCUT2D eigenvalue weighted by atomic mass is 19.3. The second-order valence-corrected chi connectivity index (χ2v) is 8.67. The Bertz CT molecular complexity index is 933. The van der Waals surface area contributed by atoms with E-state index >= 15 is 0 Å². The molecule has 0 unspecified atom stereocenters. The highest BCUT2D eigenvalue weighted by Gasteiger charge is 2.32. The van der Waals surface area contributed by atoms with Gasteiger partial charge in [-0.25, -0.2) is 4.39 Å². The Morgan fingerprint density at radius 1 is 1.12 bits per heavy atom. The van der Waals surface area contributed by atoms with Crippen molar-refractivity contribution < 1.29 is 27.8 Å². The lowest BCUT2D eigenvalue weighted by molar-refractivity contribution is -0.133. The summed E-state index contributed by atoms with van der Waals surface area (Å²) in [6.45, 7) is 5.31. The van der Waals surface area contributed by atoms with Crippen LogP contribution in [0.4, 0.5) is 13.2 Å². The molecule has 0 saturated carbocycles. The Morgan fingerprint density at radius 3 is 2.38 bits per heavy atom. The number of morpholine rings is 1. The monoisotopic (exact) mass is 478 g/mol. The number of aliphatic hydroxyl groups excluding tert-OH is 1. The Morgan fingerprint density at radius 2 is 1.79 bits per heavy atom. The lowest BCUT2D eigenvalue weighted by Crippen LogP contribution is -2.60. The number of halogens is 3. The number of carbonyl (C=O) groups is 1. The van der Waals surface area contributed by atoms with Gasteiger partial charge in [-0.15, -0.1) is 0 Å². The largest absolute Gasteiger partial charge is 0.386 e. The Hall–Kier alpha value is -2.53. The summed E-state index contributed by atoms with van der Waals surface area (Å²) in [5.41, 5.74) is 3.03. The Kier molecular flexibility index (Phi) is 8.15. The summed E-state index contributed by atoms with van der Waals surface area (Å²) in [6.07, 6.45) is -2.93. The molecule has 2 aliphatic heterocycles. The zero-order valence-electron chi connectivity index (χ0n) is 18.7. The highest BCUT2D eigenvalue weighted by Crippen LogP contribution is 2.25. The first-order valence-electron chi connectivity index (χ1n) is 11.4. The van der Waals surface area contributed by atoms with Crippen molar-refractivity contribution in [3.8, 4) is 11.1 Å². The molecule has 3 heterocycles. The van der Waals surface area contributed by atoms with Gasteiger partial charge in [0, 0.05) is 50.5 Å². The summed E-state index contributed by atoms with van der Waals surface area (Å²) in [7, 11) is 0. The molecular weight excluding hydrogens is 449 g/mol. The topological polar surface area (TPSA) is 77.9 Å². The van der Waals surface area contributed by atoms with Crippen molar-refractivity contribution in [2.24, 2.45) is 0 Å². The molecule has 2 N–H and O–H groups in total. The van der Waals surface area contributed by atoms with Crippen LogP contribution < -0.4 is 5.32 Å². The quantitative estimate of drug-likeness (QED) is 0.574. The molecule has 0 bridgehead atoms. The number of nitrogens with one attached hydrogen (secondary N) is 1. The van der Waals surface area contributed by atoms with Crippen molar-refractivity contribution in [3.63, 3.8) is 0 Å². The third kappa shape index (κ3) is 5.93. The normalized spacial score (nSPS) is 19.6. The number of hydrogen-bond acceptors (Lipinski definition) is 6. The summed E-state index contributed by atoms with van der Waals surface area (Å²) >= 11 is 0. The van der Waals surface area contributed by atoms with Crippen LogP contribution in [-0.2, 0) is 16.1 Å². The van der Waals surface area contributed by atoms with E-state index < -0.39 is 31.2 Å². The summed E-state index contributed by atoms with van der Waals surface area (Å²) < 4.78 is 43.4. The highest BCUT2D eigenvalue weighted by molar-refractivity contribution is 5.79. The molecule has 2 aliphatic rings. The number of alkyl halides is 3. The van der Waals surface area contributed by atoms with Crippen LogP contribution in [0.1, 0.15) is 17.4 Å². The minimum absolute atomic E-state index is 0.318. The van der Waals surface area contributed by atoms with Crippen molar-refractivity contribution in [1.82, 2.24) is 20.1 Å². The fourth-order valence-corrected chi connectivity index (χ4v) is 4.32. The molecule has 0 spiro atoms. The molecule has 1 aromatic heterocycles. The first-order valence-corrected chi connectivity index (χ1v) is 11.4. The van der Waals surface area contributed by atoms with Gasteiger partial charge in [0.05, 0.1) is 24.9 Å². The van der Waals surface area contributed by atoms with Gasteiger partial charge in [-0.1, -0.05) is 30.3 Å². The molecule has 0 aliphatic carbocycles. The molecule has 1 aromatic carbocycles. The molecule has 7 nitrogen and oxygen atoms in total. The summed E-state index contributed by atoms with van der Waals surface area (Å²) in [6, 6.07) is 9.74. The van der Waals surface area contributed by atoms with E-state index in [0.29, 0.717) is 11.6 Å². The zero-order chi connectivity index (χ0) is 24.1. The van der Waals surface area contributed by atoms with Crippen LogP contribution in [-0.4, -0.2) is 90.4 Å². The Balaban J connectivity index is 1.30. The van der Waals surface area contributed by atoms with Crippen LogP contribution >= 0.6 is 0 Å². The molecule has 0 radical (unpaired) electrons. The molecule has 1 amide bonds. The minimum atomic E-state index is -3.27. The van der Waals surface area contributed by atoms with Crippen LogP contribution in [0.3, 0.4) is 0 Å². The molecular formula is C24H29F3N4O3. The molecule has 2 aromatic rings. The zero-order valence-corrected chi connectivity index (χ0v) is 18.7. The molecule has 34 heavy (non-hydrogen) atoms. The van der Waals surface area contributed by atoms with Gasteiger partial charge in [-0.05, 0) is 17.2 Å². The molecule has 10 heteroatoms. The van der Waals surface area contributed by atoms with Gasteiger partial charge < -0.3 is 15.2 Å². The van der Waals surface area contributed by atoms with Gasteiger partial charge in [-0.3, -0.25) is 19.6 Å². The number of nitrogens with zero attached hydrogens (tertiary/aromatic N) is 3. The van der Waals surface area contributed by atoms with Gasteiger partial charge in [0.2, 0.25) is 0 Å². The van der Waals surface area contributed by atoms with E-state index in [0.717, 1.165) is 62.8 Å². The number of pyridine rings is 1. The third-order valence-corrected chi connectivity index (χ3v) is 6.37. The van der Waals surface area contributed by atoms with Crippen molar-refractivity contribution in [1.29, 1.82) is 0 Å². The first kappa shape index (κ1) is 24.6. The van der Waals surface area contributed by atoms with Crippen molar-refractivity contribution in [3.05, 3.63) is 53.9 Å². The maximum atomic E-state index is 13.2. The van der Waals surface area contributed by atoms with E-state index in [2.05, 4.69) is 14.8 Å². The number of carbonyl (C=O) groups excluding carboxylic acids is 1. The van der Waals surface area contributed by atoms with Crippen molar-refractivity contribution in [2.75, 3.05) is 46.1 Å². The van der Waals surface area contributed by atoms with Crippen LogP contribution in [0.15, 0.2) is 42.6 Å². The molecule has 2 fully saturated rings. The lowest BCUT2D eigenvalue weighted by Gasteiger charge is -2.46. The van der Waals surface area contributed by atoms with E-state index in [1.807, 2.05) is 17.4 Å². The maximum Gasteiger partial charge on any atom is 0.315 e. The third-order valence-electron chi connectivity index (χ3n) is 6.37. The number of benzene rings is 1. The second-order valence-electron chi connectivity index (χ2n) is 8.67. The van der Waals surface area contributed by atoms with E-state index in [1.165, 1.54) is 0 Å². The van der Waals surface area contributed by atoms with Gasteiger partial charge in [0.15, 0.2) is 0 Å². The molecule has 2 saturated heterocycles. The Labute approximate surface area is 196 Å². The number of aliphatic hydroxyl groups is 1. The first-order chi connectivity index (χ1) is 16.4. The number of likely N-dealkylation sites (tertiary alicyclic amines) is 1. The predicted octanol–water partition coefficient (Wildman–Crippen LogP) is 2.02. The lowest BCUT2D eigenvalue weighted by atomic mass is 9.99. The molecule has 2 atom stereocenters. The number of ether oxygens (including phenoxy) is 1. The number of rotatable bonds is 9. The smallest absolute Gasteiger partial charge is 0.315 e. The van der Waals surface area contributed by atoms with E-state index in [4.69, 9.17) is 4.74 Å². The maximum absolute atomic E-state index is 13.2. The number of amides is 1. The van der Waals surface area contributed by atoms with Crippen LogP contribution in [0.5, 0.6) is 0 Å². The van der Waals surface area contributed by atoms with Crippen molar-refractivity contribution >= 4 is 5.91 Å². The predicted molar refractivity (Wildman–Crippen MR) is 120 cm³/mol. The van der Waals surface area contributed by atoms with E-state index in [-0.39, 0.29) is 0 Å². The number of hydrogen-bond donors (Lipinski definition) is 2. The summed E-state index contributed by atoms with van der Waals surface area (Å²) in [4.78, 5) is 20.6. The molecule has 4 rings (SSSR count). The van der Waals surface area contributed by atoms with Gasteiger partial charge in [0.25, 0.3) is 5.91 Å². The van der Waals surface area contributed by atoms with Crippen LogP contribution in [0.2, 0.25) is 0 Å². The second kappa shape index (κ2) is 11.3.